The molecular formula is C23H48NO4P. The van der Waals surface area contributed by atoms with Gasteiger partial charge in [0.05, 0.1) is 27.7 Å². The van der Waals surface area contributed by atoms with Crippen molar-refractivity contribution in [1.82, 2.24) is 0 Å². The van der Waals surface area contributed by atoms with E-state index in [2.05, 4.69) is 6.58 Å². The molecule has 0 radical (unpaired) electrons. The topological polar surface area (TPSA) is 58.6 Å². The molecular weight excluding hydrogens is 385 g/mol. The quantitative estimate of drug-likeness (QED) is 0.0878. The van der Waals surface area contributed by atoms with Crippen molar-refractivity contribution >= 4 is 7.82 Å². The Morgan fingerprint density at radius 2 is 1.10 bits per heavy atom. The molecule has 174 valence electrons. The van der Waals surface area contributed by atoms with Crippen molar-refractivity contribution in [3.8, 4) is 0 Å². The zero-order valence-corrected chi connectivity index (χ0v) is 20.4. The zero-order chi connectivity index (χ0) is 21.8. The maximum absolute atomic E-state index is 11.6. The lowest BCUT2D eigenvalue weighted by molar-refractivity contribution is -0.870. The van der Waals surface area contributed by atoms with E-state index >= 15 is 0 Å². The van der Waals surface area contributed by atoms with Crippen molar-refractivity contribution in [2.45, 2.75) is 96.3 Å². The van der Waals surface area contributed by atoms with Gasteiger partial charge in [0.15, 0.2) is 0 Å². The smallest absolute Gasteiger partial charge is 0.268 e. The molecule has 0 heterocycles. The fourth-order valence-corrected chi connectivity index (χ4v) is 3.88. The van der Waals surface area contributed by atoms with Crippen molar-refractivity contribution in [1.29, 1.82) is 0 Å². The minimum atomic E-state index is -4.13. The van der Waals surface area contributed by atoms with Crippen LogP contribution in [0.3, 0.4) is 0 Å². The van der Waals surface area contributed by atoms with Crippen LogP contribution in [-0.4, -0.2) is 45.4 Å². The van der Waals surface area contributed by atoms with Crippen LogP contribution in [0, 0.1) is 0 Å². The van der Waals surface area contributed by atoms with Crippen LogP contribution in [0.2, 0.25) is 0 Å². The van der Waals surface area contributed by atoms with Crippen LogP contribution in [0.4, 0.5) is 0 Å². The van der Waals surface area contributed by atoms with Gasteiger partial charge in [0.2, 0.25) is 0 Å². The van der Waals surface area contributed by atoms with E-state index in [0.29, 0.717) is 11.0 Å². The Morgan fingerprint density at radius 1 is 0.724 bits per heavy atom. The molecule has 1 atom stereocenters. The zero-order valence-electron chi connectivity index (χ0n) is 19.5. The molecule has 0 aliphatic heterocycles. The lowest BCUT2D eigenvalue weighted by Gasteiger charge is -2.27. The summed E-state index contributed by atoms with van der Waals surface area (Å²) in [5.41, 5.74) is 0. The van der Waals surface area contributed by atoms with Gasteiger partial charge < -0.3 is 18.4 Å². The summed E-state index contributed by atoms with van der Waals surface area (Å²) >= 11 is 0. The largest absolute Gasteiger partial charge is 0.756 e. The highest BCUT2D eigenvalue weighted by atomic mass is 31.2. The second-order valence-electron chi connectivity index (χ2n) is 9.15. The molecule has 5 nitrogen and oxygen atoms in total. The lowest BCUT2D eigenvalue weighted by Crippen LogP contribution is -2.37. The molecule has 0 bridgehead atoms. The third-order valence-electron chi connectivity index (χ3n) is 5.06. The average molecular weight is 434 g/mol. The average Bonchev–Trinajstić information content (AvgIpc) is 2.63. The van der Waals surface area contributed by atoms with Crippen molar-refractivity contribution in [2.24, 2.45) is 0 Å². The monoisotopic (exact) mass is 433 g/mol. The van der Waals surface area contributed by atoms with Crippen LogP contribution in [0.15, 0.2) is 12.7 Å². The van der Waals surface area contributed by atoms with Crippen LogP contribution in [-0.2, 0) is 13.6 Å². The first-order chi connectivity index (χ1) is 13.8. The van der Waals surface area contributed by atoms with Gasteiger partial charge >= 0.3 is 0 Å². The predicted octanol–water partition coefficient (Wildman–Crippen LogP) is 6.23. The van der Waals surface area contributed by atoms with E-state index in [0.717, 1.165) is 25.7 Å². The molecule has 0 N–H and O–H groups in total. The van der Waals surface area contributed by atoms with E-state index < -0.39 is 7.82 Å². The minimum absolute atomic E-state index is 0.167. The van der Waals surface area contributed by atoms with E-state index in [9.17, 15) is 9.46 Å². The molecule has 1 unspecified atom stereocenters. The van der Waals surface area contributed by atoms with Crippen molar-refractivity contribution in [3.05, 3.63) is 12.7 Å². The van der Waals surface area contributed by atoms with Crippen LogP contribution in [0.1, 0.15) is 96.3 Å². The summed E-state index contributed by atoms with van der Waals surface area (Å²) in [6.45, 7) is 4.79. The number of phosphoric ester groups is 1. The Kier molecular flexibility index (Phi) is 18.4. The molecule has 0 spiro atoms. The van der Waals surface area contributed by atoms with Crippen LogP contribution in [0.5, 0.6) is 0 Å². The number of likely N-dealkylation sites (N-methyl/N-ethyl adjacent to an activating group) is 1. The molecule has 0 amide bonds. The number of nitrogens with zero attached hydrogens (tertiary/aromatic N) is 1. The lowest BCUT2D eigenvalue weighted by atomic mass is 10.0. The maximum Gasteiger partial charge on any atom is 0.268 e. The first-order valence-electron chi connectivity index (χ1n) is 11.8. The normalized spacial score (nSPS) is 14.1. The van der Waals surface area contributed by atoms with Gasteiger partial charge in [-0.3, -0.25) is 4.57 Å². The summed E-state index contributed by atoms with van der Waals surface area (Å²) in [6, 6.07) is 0. The standard InChI is InChI=1S/C23H48NO4P/c1-5-6-7-8-9-10-11-12-13-14-15-16-17-18-19-20-22-27-29(25,26)28-23-21-24(2,3)4/h5H,1,6-23H2,2-4H3. The summed E-state index contributed by atoms with van der Waals surface area (Å²) in [7, 11) is 1.85. The van der Waals surface area contributed by atoms with Gasteiger partial charge in [-0.25, -0.2) is 0 Å². The molecule has 0 aromatic carbocycles. The molecule has 29 heavy (non-hydrogen) atoms. The number of hydrogen-bond donors (Lipinski definition) is 0. The molecule has 0 aliphatic carbocycles. The maximum atomic E-state index is 11.6. The Hall–Kier alpha value is -0.190. The van der Waals surface area contributed by atoms with E-state index in [-0.39, 0.29) is 13.2 Å². The van der Waals surface area contributed by atoms with E-state index in [1.807, 2.05) is 27.2 Å². The highest BCUT2D eigenvalue weighted by molar-refractivity contribution is 7.45. The minimum Gasteiger partial charge on any atom is -0.756 e. The Balaban J connectivity index is 3.29. The molecule has 0 saturated carbocycles. The van der Waals surface area contributed by atoms with E-state index in [4.69, 9.17) is 9.05 Å². The van der Waals surface area contributed by atoms with Crippen LogP contribution >= 0.6 is 7.82 Å². The summed E-state index contributed by atoms with van der Waals surface area (Å²) in [5.74, 6) is 0. The van der Waals surface area contributed by atoms with E-state index in [1.165, 1.54) is 70.6 Å². The number of hydrogen-bond acceptors (Lipinski definition) is 4. The highest BCUT2D eigenvalue weighted by Crippen LogP contribution is 2.38. The number of allylic oxidation sites excluding steroid dienone is 1. The molecule has 0 saturated heterocycles. The van der Waals surface area contributed by atoms with Crippen molar-refractivity contribution in [3.63, 3.8) is 0 Å². The number of rotatable bonds is 22. The van der Waals surface area contributed by atoms with E-state index in [1.54, 1.807) is 0 Å². The van der Waals surface area contributed by atoms with Gasteiger partial charge in [-0.05, 0) is 19.3 Å². The summed E-state index contributed by atoms with van der Waals surface area (Å²) in [6.07, 6.45) is 20.9. The van der Waals surface area contributed by atoms with Gasteiger partial charge in [-0.1, -0.05) is 83.1 Å². The van der Waals surface area contributed by atoms with Gasteiger partial charge in [0.25, 0.3) is 7.82 Å². The summed E-state index contributed by atoms with van der Waals surface area (Å²) in [4.78, 5) is 11.6. The van der Waals surface area contributed by atoms with Crippen molar-refractivity contribution in [2.75, 3.05) is 40.9 Å². The third kappa shape index (κ3) is 24.0. The van der Waals surface area contributed by atoms with Crippen molar-refractivity contribution < 1.29 is 23.0 Å². The highest BCUT2D eigenvalue weighted by Gasteiger charge is 2.12. The molecule has 0 fully saturated rings. The molecule has 0 aromatic heterocycles. The number of phosphoric acid groups is 1. The number of quaternary nitrogens is 1. The molecule has 6 heteroatoms. The number of unbranched alkanes of at least 4 members (excludes halogenated alkanes) is 14. The van der Waals surface area contributed by atoms with Gasteiger partial charge in [-0.2, -0.15) is 0 Å². The van der Waals surface area contributed by atoms with Gasteiger partial charge in [0.1, 0.15) is 13.2 Å². The third-order valence-corrected chi connectivity index (χ3v) is 6.06. The Bertz CT molecular complexity index is 424. The first-order valence-corrected chi connectivity index (χ1v) is 13.2. The Labute approximate surface area is 181 Å². The fourth-order valence-electron chi connectivity index (χ4n) is 3.15. The summed E-state index contributed by atoms with van der Waals surface area (Å²) in [5, 5.41) is 0. The second kappa shape index (κ2) is 18.6. The fraction of sp³-hybridized carbons (Fsp3) is 0.913. The molecule has 0 rings (SSSR count). The van der Waals surface area contributed by atoms with Crippen LogP contribution < -0.4 is 4.89 Å². The van der Waals surface area contributed by atoms with Crippen LogP contribution in [0.25, 0.3) is 0 Å². The second-order valence-corrected chi connectivity index (χ2v) is 10.6. The predicted molar refractivity (Wildman–Crippen MR) is 122 cm³/mol. The SMILES string of the molecule is C=CCCCCCCCCCCCCCCCCOP(=O)([O-])OCC[N+](C)(C)C. The Morgan fingerprint density at radius 3 is 1.52 bits per heavy atom. The van der Waals surface area contributed by atoms with Gasteiger partial charge in [0, 0.05) is 0 Å². The first kappa shape index (κ1) is 28.8. The van der Waals surface area contributed by atoms with Gasteiger partial charge in [-0.15, -0.1) is 6.58 Å². The summed E-state index contributed by atoms with van der Waals surface area (Å²) < 4.78 is 22.1. The molecule has 0 aliphatic rings. The molecule has 0 aromatic rings.